The highest BCUT2D eigenvalue weighted by atomic mass is 19.1. The number of rotatable bonds is 5. The molecule has 23 heavy (non-hydrogen) atoms. The van der Waals surface area contributed by atoms with Crippen molar-refractivity contribution in [1.29, 1.82) is 0 Å². The van der Waals surface area contributed by atoms with Crippen molar-refractivity contribution in [2.45, 2.75) is 32.2 Å². The van der Waals surface area contributed by atoms with Crippen LogP contribution in [0.2, 0.25) is 0 Å². The summed E-state index contributed by atoms with van der Waals surface area (Å²) in [5.41, 5.74) is 0.618. The van der Waals surface area contributed by atoms with Crippen LogP contribution in [0.25, 0.3) is 0 Å². The number of likely N-dealkylation sites (tertiary alicyclic amines) is 1. The van der Waals surface area contributed by atoms with Crippen molar-refractivity contribution in [2.75, 3.05) is 13.1 Å². The lowest BCUT2D eigenvalue weighted by Gasteiger charge is -2.32. The van der Waals surface area contributed by atoms with Gasteiger partial charge in [-0.3, -0.25) is 4.90 Å². The number of hydrogen-bond acceptors (Lipinski definition) is 2. The fraction of sp³-hybridized carbons (Fsp3) is 0.500. The highest BCUT2D eigenvalue weighted by Gasteiger charge is 2.21. The number of aromatic nitrogens is 2. The molecule has 0 spiro atoms. The molecule has 1 aliphatic heterocycles. The van der Waals surface area contributed by atoms with Gasteiger partial charge in [0.05, 0.1) is 6.54 Å². The summed E-state index contributed by atoms with van der Waals surface area (Å²) in [6.45, 7) is 2.98. The zero-order valence-electron chi connectivity index (χ0n) is 13.5. The lowest BCUT2D eigenvalue weighted by atomic mass is 9.91. The first kappa shape index (κ1) is 16.1. The Kier molecular flexibility index (Phi) is 5.06. The first-order chi connectivity index (χ1) is 11.1. The van der Waals surface area contributed by atoms with E-state index < -0.39 is 11.6 Å². The minimum Gasteiger partial charge on any atom is -0.337 e. The minimum atomic E-state index is -0.509. The number of aryl methyl sites for hydroxylation is 2. The van der Waals surface area contributed by atoms with Crippen LogP contribution in [0.3, 0.4) is 0 Å². The van der Waals surface area contributed by atoms with Gasteiger partial charge in [0.25, 0.3) is 0 Å². The van der Waals surface area contributed by atoms with Crippen molar-refractivity contribution >= 4 is 0 Å². The van der Waals surface area contributed by atoms with Gasteiger partial charge in [-0.1, -0.05) is 6.07 Å². The number of hydrogen-bond donors (Lipinski definition) is 0. The summed E-state index contributed by atoms with van der Waals surface area (Å²) >= 11 is 0. The molecular formula is C18H23F2N3. The molecule has 3 nitrogen and oxygen atoms in total. The fourth-order valence-electron chi connectivity index (χ4n) is 3.36. The van der Waals surface area contributed by atoms with E-state index >= 15 is 0 Å². The maximum absolute atomic E-state index is 13.7. The van der Waals surface area contributed by atoms with Gasteiger partial charge >= 0.3 is 0 Å². The van der Waals surface area contributed by atoms with Crippen LogP contribution in [-0.2, 0) is 20.0 Å². The summed E-state index contributed by atoms with van der Waals surface area (Å²) in [5, 5.41) is 0. The minimum absolute atomic E-state index is 0.425. The number of piperidine rings is 1. The first-order valence-electron chi connectivity index (χ1n) is 8.24. The second-order valence-corrected chi connectivity index (χ2v) is 6.47. The number of halogens is 2. The molecule has 2 heterocycles. The van der Waals surface area contributed by atoms with Crippen molar-refractivity contribution in [1.82, 2.24) is 14.5 Å². The second-order valence-electron chi connectivity index (χ2n) is 6.47. The van der Waals surface area contributed by atoms with Crippen LogP contribution in [0.4, 0.5) is 8.78 Å². The molecule has 2 aromatic rings. The molecule has 3 rings (SSSR count). The Morgan fingerprint density at radius 2 is 2.17 bits per heavy atom. The third kappa shape index (κ3) is 4.16. The molecule has 0 amide bonds. The van der Waals surface area contributed by atoms with Crippen molar-refractivity contribution < 1.29 is 8.78 Å². The molecule has 1 saturated heterocycles. The second kappa shape index (κ2) is 7.21. The Morgan fingerprint density at radius 3 is 2.91 bits per heavy atom. The van der Waals surface area contributed by atoms with Gasteiger partial charge in [-0.2, -0.15) is 0 Å². The van der Waals surface area contributed by atoms with E-state index in [2.05, 4.69) is 14.5 Å². The number of nitrogens with zero attached hydrogens (tertiary/aromatic N) is 3. The Hall–Kier alpha value is -1.75. The van der Waals surface area contributed by atoms with E-state index in [-0.39, 0.29) is 0 Å². The van der Waals surface area contributed by atoms with Gasteiger partial charge in [0.1, 0.15) is 17.5 Å². The number of imidazole rings is 1. The summed E-state index contributed by atoms with van der Waals surface area (Å²) in [5.74, 6) is 0.708. The van der Waals surface area contributed by atoms with Gasteiger partial charge in [0.15, 0.2) is 0 Å². The third-order valence-corrected chi connectivity index (χ3v) is 4.73. The maximum Gasteiger partial charge on any atom is 0.129 e. The molecule has 0 N–H and O–H groups in total. The van der Waals surface area contributed by atoms with Gasteiger partial charge in [0, 0.05) is 32.1 Å². The van der Waals surface area contributed by atoms with Crippen molar-refractivity contribution in [2.24, 2.45) is 13.0 Å². The molecule has 0 bridgehead atoms. The highest BCUT2D eigenvalue weighted by molar-refractivity contribution is 5.18. The lowest BCUT2D eigenvalue weighted by molar-refractivity contribution is 0.157. The van der Waals surface area contributed by atoms with Crippen LogP contribution in [0, 0.1) is 17.6 Å². The Bertz CT molecular complexity index is 653. The van der Waals surface area contributed by atoms with Crippen LogP contribution in [0.5, 0.6) is 0 Å². The molecule has 1 atom stereocenters. The fourth-order valence-corrected chi connectivity index (χ4v) is 3.36. The summed E-state index contributed by atoms with van der Waals surface area (Å²) < 4.78 is 28.7. The van der Waals surface area contributed by atoms with Crippen LogP contribution >= 0.6 is 0 Å². The molecule has 124 valence electrons. The van der Waals surface area contributed by atoms with E-state index in [1.807, 2.05) is 19.4 Å². The molecule has 1 fully saturated rings. The lowest BCUT2D eigenvalue weighted by Crippen LogP contribution is -2.35. The van der Waals surface area contributed by atoms with Crippen LogP contribution in [0.1, 0.15) is 30.7 Å². The Labute approximate surface area is 135 Å². The molecule has 1 aromatic carbocycles. The van der Waals surface area contributed by atoms with E-state index in [9.17, 15) is 8.78 Å². The summed E-state index contributed by atoms with van der Waals surface area (Å²) in [7, 11) is 2.01. The van der Waals surface area contributed by atoms with E-state index in [0.29, 0.717) is 17.9 Å². The van der Waals surface area contributed by atoms with Gasteiger partial charge in [-0.25, -0.2) is 13.8 Å². The smallest absolute Gasteiger partial charge is 0.129 e. The van der Waals surface area contributed by atoms with E-state index in [1.165, 1.54) is 18.9 Å². The zero-order valence-corrected chi connectivity index (χ0v) is 13.5. The van der Waals surface area contributed by atoms with Crippen LogP contribution in [0.15, 0.2) is 30.6 Å². The predicted molar refractivity (Wildman–Crippen MR) is 85.9 cm³/mol. The van der Waals surface area contributed by atoms with E-state index in [1.54, 1.807) is 6.07 Å². The van der Waals surface area contributed by atoms with Gasteiger partial charge in [-0.05, 0) is 49.8 Å². The molecule has 5 heteroatoms. The molecule has 1 aliphatic rings. The highest BCUT2D eigenvalue weighted by Crippen LogP contribution is 2.23. The largest absolute Gasteiger partial charge is 0.337 e. The standard InChI is InChI=1S/C18H23F2N3/c1-22-10-8-21-18(22)13-23-9-2-3-14(12-23)4-5-15-6-7-16(19)11-17(15)20/h6-8,10-11,14H,2-5,9,12-13H2,1H3/t14-/m1/s1. The van der Waals surface area contributed by atoms with E-state index in [0.717, 1.165) is 37.9 Å². The van der Waals surface area contributed by atoms with Gasteiger partial charge < -0.3 is 4.57 Å². The molecule has 1 aromatic heterocycles. The van der Waals surface area contributed by atoms with Crippen molar-refractivity contribution in [3.05, 3.63) is 53.6 Å². The van der Waals surface area contributed by atoms with Gasteiger partial charge in [-0.15, -0.1) is 0 Å². The first-order valence-corrected chi connectivity index (χ1v) is 8.24. The predicted octanol–water partition coefficient (Wildman–Crippen LogP) is 3.54. The van der Waals surface area contributed by atoms with Crippen molar-refractivity contribution in [3.63, 3.8) is 0 Å². The average Bonchev–Trinajstić information content (AvgIpc) is 2.92. The summed E-state index contributed by atoms with van der Waals surface area (Å²) in [4.78, 5) is 6.81. The third-order valence-electron chi connectivity index (χ3n) is 4.73. The average molecular weight is 319 g/mol. The zero-order chi connectivity index (χ0) is 16.2. The molecule has 0 unspecified atom stereocenters. The summed E-state index contributed by atoms with van der Waals surface area (Å²) in [6, 6.07) is 3.88. The summed E-state index contributed by atoms with van der Waals surface area (Å²) in [6.07, 6.45) is 7.76. The quantitative estimate of drug-likeness (QED) is 0.840. The normalized spacial score (nSPS) is 19.2. The Morgan fingerprint density at radius 1 is 1.30 bits per heavy atom. The monoisotopic (exact) mass is 319 g/mol. The van der Waals surface area contributed by atoms with Crippen LogP contribution < -0.4 is 0 Å². The van der Waals surface area contributed by atoms with E-state index in [4.69, 9.17) is 0 Å². The molecule has 0 saturated carbocycles. The molecular weight excluding hydrogens is 296 g/mol. The maximum atomic E-state index is 13.7. The Balaban J connectivity index is 1.53. The molecule has 0 aliphatic carbocycles. The van der Waals surface area contributed by atoms with Crippen LogP contribution in [-0.4, -0.2) is 27.5 Å². The molecule has 0 radical (unpaired) electrons. The van der Waals surface area contributed by atoms with Crippen molar-refractivity contribution in [3.8, 4) is 0 Å². The SMILES string of the molecule is Cn1ccnc1CN1CCC[C@H](CCc2ccc(F)cc2F)C1. The number of benzene rings is 1. The topological polar surface area (TPSA) is 21.1 Å². The van der Waals surface area contributed by atoms with Gasteiger partial charge in [0.2, 0.25) is 0 Å².